The number of hydrogen-bond acceptors (Lipinski definition) is 4. The third kappa shape index (κ3) is 3.00. The maximum Gasteiger partial charge on any atom is 0.325 e. The number of urea groups is 1. The zero-order valence-electron chi connectivity index (χ0n) is 13.2. The van der Waals surface area contributed by atoms with Crippen molar-refractivity contribution in [2.45, 2.75) is 32.2 Å². The zero-order valence-corrected chi connectivity index (χ0v) is 13.2. The quantitative estimate of drug-likeness (QED) is 0.784. The van der Waals surface area contributed by atoms with Crippen LogP contribution in [0.2, 0.25) is 0 Å². The molecule has 0 radical (unpaired) electrons. The van der Waals surface area contributed by atoms with Gasteiger partial charge in [0.1, 0.15) is 23.6 Å². The molecule has 0 spiro atoms. The van der Waals surface area contributed by atoms with E-state index in [0.717, 1.165) is 5.75 Å². The van der Waals surface area contributed by atoms with E-state index in [-0.39, 0.29) is 25.1 Å². The van der Waals surface area contributed by atoms with E-state index < -0.39 is 5.54 Å². The van der Waals surface area contributed by atoms with Crippen molar-refractivity contribution in [2.24, 2.45) is 0 Å². The Labute approximate surface area is 130 Å². The summed E-state index contributed by atoms with van der Waals surface area (Å²) in [5.74, 6) is 1.25. The molecule has 1 saturated heterocycles. The highest BCUT2D eigenvalue weighted by molar-refractivity contribution is 6.06. The van der Waals surface area contributed by atoms with Crippen LogP contribution in [0.25, 0.3) is 0 Å². The van der Waals surface area contributed by atoms with Crippen LogP contribution in [0.3, 0.4) is 0 Å². The molecule has 0 aromatic heterocycles. The van der Waals surface area contributed by atoms with Crippen LogP contribution in [0, 0.1) is 0 Å². The number of rotatable bonds is 7. The number of nitrogens with one attached hydrogen (secondary N) is 1. The number of hydrogen-bond donors (Lipinski definition) is 1. The Kier molecular flexibility index (Phi) is 4.90. The Balaban J connectivity index is 1.91. The van der Waals surface area contributed by atoms with Gasteiger partial charge in [-0.25, -0.2) is 4.79 Å². The maximum atomic E-state index is 12.4. The summed E-state index contributed by atoms with van der Waals surface area (Å²) < 4.78 is 10.6. The second kappa shape index (κ2) is 6.68. The van der Waals surface area contributed by atoms with Gasteiger partial charge in [-0.05, 0) is 37.1 Å². The van der Waals surface area contributed by atoms with E-state index in [1.165, 1.54) is 4.90 Å². The van der Waals surface area contributed by atoms with E-state index >= 15 is 0 Å². The van der Waals surface area contributed by atoms with Crippen LogP contribution in [-0.2, 0) is 4.79 Å². The molecule has 1 aliphatic heterocycles. The maximum absolute atomic E-state index is 12.4. The lowest BCUT2D eigenvalue weighted by atomic mass is 9.93. The molecule has 1 N–H and O–H groups in total. The summed E-state index contributed by atoms with van der Waals surface area (Å²) in [5, 5.41) is 2.80. The largest absolute Gasteiger partial charge is 0.497 e. The minimum Gasteiger partial charge on any atom is -0.497 e. The van der Waals surface area contributed by atoms with E-state index in [1.807, 2.05) is 13.8 Å². The molecular formula is C16H22N2O4. The lowest BCUT2D eigenvalue weighted by Gasteiger charge is -2.23. The summed E-state index contributed by atoms with van der Waals surface area (Å²) in [6, 6.07) is 6.82. The molecule has 1 heterocycles. The molecule has 1 aromatic carbocycles. The van der Waals surface area contributed by atoms with Crippen LogP contribution in [0.4, 0.5) is 4.79 Å². The summed E-state index contributed by atoms with van der Waals surface area (Å²) in [5.41, 5.74) is -0.753. The van der Waals surface area contributed by atoms with Crippen molar-refractivity contribution in [3.63, 3.8) is 0 Å². The molecule has 0 aliphatic carbocycles. The Bertz CT molecular complexity index is 538. The van der Waals surface area contributed by atoms with Crippen LogP contribution in [0.5, 0.6) is 11.5 Å². The van der Waals surface area contributed by atoms with Gasteiger partial charge in [0.25, 0.3) is 5.91 Å². The topological polar surface area (TPSA) is 67.9 Å². The number of imide groups is 1. The van der Waals surface area contributed by atoms with Crippen molar-refractivity contribution >= 4 is 11.9 Å². The molecule has 120 valence electrons. The van der Waals surface area contributed by atoms with E-state index in [2.05, 4.69) is 5.32 Å². The molecular weight excluding hydrogens is 284 g/mol. The van der Waals surface area contributed by atoms with Crippen molar-refractivity contribution in [1.29, 1.82) is 0 Å². The molecule has 0 unspecified atom stereocenters. The summed E-state index contributed by atoms with van der Waals surface area (Å²) in [7, 11) is 1.60. The fraction of sp³-hybridized carbons (Fsp3) is 0.500. The molecule has 2 rings (SSSR count). The van der Waals surface area contributed by atoms with Gasteiger partial charge in [0.05, 0.1) is 13.7 Å². The molecule has 0 saturated carbocycles. The molecule has 22 heavy (non-hydrogen) atoms. The van der Waals surface area contributed by atoms with Gasteiger partial charge in [-0.1, -0.05) is 13.8 Å². The van der Waals surface area contributed by atoms with Crippen molar-refractivity contribution in [3.8, 4) is 11.5 Å². The highest BCUT2D eigenvalue weighted by atomic mass is 16.5. The molecule has 1 aromatic rings. The highest BCUT2D eigenvalue weighted by Gasteiger charge is 2.48. The summed E-state index contributed by atoms with van der Waals surface area (Å²) in [4.78, 5) is 25.6. The number of methoxy groups -OCH3 is 1. The molecule has 1 fully saturated rings. The minimum atomic E-state index is -0.753. The van der Waals surface area contributed by atoms with Gasteiger partial charge < -0.3 is 14.8 Å². The Morgan fingerprint density at radius 1 is 1.09 bits per heavy atom. The van der Waals surface area contributed by atoms with Crippen LogP contribution >= 0.6 is 0 Å². The Morgan fingerprint density at radius 2 is 1.68 bits per heavy atom. The molecule has 3 amide bonds. The molecule has 6 nitrogen and oxygen atoms in total. The zero-order chi connectivity index (χ0) is 16.2. The highest BCUT2D eigenvalue weighted by Crippen LogP contribution is 2.24. The van der Waals surface area contributed by atoms with Gasteiger partial charge in [0.2, 0.25) is 0 Å². The number of amides is 3. The van der Waals surface area contributed by atoms with Crippen molar-refractivity contribution in [1.82, 2.24) is 10.2 Å². The lowest BCUT2D eigenvalue weighted by molar-refractivity contribution is -0.131. The first-order valence-corrected chi connectivity index (χ1v) is 7.47. The second-order valence-electron chi connectivity index (χ2n) is 5.20. The molecule has 1 aliphatic rings. The number of benzene rings is 1. The van der Waals surface area contributed by atoms with Gasteiger partial charge >= 0.3 is 6.03 Å². The van der Waals surface area contributed by atoms with Crippen molar-refractivity contribution in [2.75, 3.05) is 20.3 Å². The summed E-state index contributed by atoms with van der Waals surface area (Å²) in [6.45, 7) is 4.30. The first-order chi connectivity index (χ1) is 10.6. The number of ether oxygens (including phenoxy) is 2. The smallest absolute Gasteiger partial charge is 0.325 e. The number of nitrogens with zero attached hydrogens (tertiary/aromatic N) is 1. The third-order valence-electron chi connectivity index (χ3n) is 4.10. The monoisotopic (exact) mass is 306 g/mol. The standard InChI is InChI=1S/C16H22N2O4/c1-4-16(5-2)14(19)18(15(20)17-16)10-11-22-13-8-6-12(21-3)7-9-13/h6-9H,4-5,10-11H2,1-3H3,(H,17,20). The Morgan fingerprint density at radius 3 is 2.18 bits per heavy atom. The van der Waals surface area contributed by atoms with Gasteiger partial charge in [-0.2, -0.15) is 0 Å². The second-order valence-corrected chi connectivity index (χ2v) is 5.20. The summed E-state index contributed by atoms with van der Waals surface area (Å²) in [6.07, 6.45) is 1.17. The first-order valence-electron chi connectivity index (χ1n) is 7.47. The molecule has 0 atom stereocenters. The van der Waals surface area contributed by atoms with Gasteiger partial charge in [0.15, 0.2) is 0 Å². The van der Waals surface area contributed by atoms with Gasteiger partial charge in [0, 0.05) is 0 Å². The van der Waals surface area contributed by atoms with Gasteiger partial charge in [-0.15, -0.1) is 0 Å². The van der Waals surface area contributed by atoms with Crippen LogP contribution in [-0.4, -0.2) is 42.6 Å². The SMILES string of the molecule is CCC1(CC)NC(=O)N(CCOc2ccc(OC)cc2)C1=O. The van der Waals surface area contributed by atoms with Crippen molar-refractivity contribution < 1.29 is 19.1 Å². The number of carbonyl (C=O) groups is 2. The lowest BCUT2D eigenvalue weighted by Crippen LogP contribution is -2.46. The fourth-order valence-corrected chi connectivity index (χ4v) is 2.54. The predicted molar refractivity (Wildman–Crippen MR) is 82.0 cm³/mol. The van der Waals surface area contributed by atoms with E-state index in [1.54, 1.807) is 31.4 Å². The average Bonchev–Trinajstić information content (AvgIpc) is 2.80. The van der Waals surface area contributed by atoms with Crippen LogP contribution < -0.4 is 14.8 Å². The van der Waals surface area contributed by atoms with E-state index in [0.29, 0.717) is 18.6 Å². The van der Waals surface area contributed by atoms with E-state index in [4.69, 9.17) is 9.47 Å². The van der Waals surface area contributed by atoms with E-state index in [9.17, 15) is 9.59 Å². The molecule has 0 bridgehead atoms. The summed E-state index contributed by atoms with van der Waals surface area (Å²) >= 11 is 0. The van der Waals surface area contributed by atoms with Crippen LogP contribution in [0.15, 0.2) is 24.3 Å². The van der Waals surface area contributed by atoms with Crippen molar-refractivity contribution in [3.05, 3.63) is 24.3 Å². The fourth-order valence-electron chi connectivity index (χ4n) is 2.54. The Hall–Kier alpha value is -2.24. The first kappa shape index (κ1) is 16.1. The normalized spacial score (nSPS) is 16.6. The molecule has 6 heteroatoms. The number of carbonyl (C=O) groups excluding carboxylic acids is 2. The predicted octanol–water partition coefficient (Wildman–Crippen LogP) is 2.18. The van der Waals surface area contributed by atoms with Gasteiger partial charge in [-0.3, -0.25) is 9.69 Å². The average molecular weight is 306 g/mol. The minimum absolute atomic E-state index is 0.166. The third-order valence-corrected chi connectivity index (χ3v) is 4.10. The van der Waals surface area contributed by atoms with Crippen LogP contribution in [0.1, 0.15) is 26.7 Å².